The van der Waals surface area contributed by atoms with Crippen LogP contribution in [0.15, 0.2) is 0 Å². The second kappa shape index (κ2) is 11.8. The van der Waals surface area contributed by atoms with Crippen molar-refractivity contribution in [1.29, 1.82) is 0 Å². The molecular weight excluding hydrogens is 244 g/mol. The molecule has 0 spiro atoms. The maximum Gasteiger partial charge on any atom is 0.0698 e. The molecule has 18 heavy (non-hydrogen) atoms. The van der Waals surface area contributed by atoms with Crippen molar-refractivity contribution in [2.45, 2.75) is 0 Å². The Morgan fingerprint density at radius 1 is 0.611 bits per heavy atom. The third-order valence-electron chi connectivity index (χ3n) is 2.27. The molecule has 0 saturated heterocycles. The zero-order chi connectivity index (χ0) is 13.7. The summed E-state index contributed by atoms with van der Waals surface area (Å²) < 4.78 is 15.6. The fraction of sp³-hybridized carbons (Fsp3) is 1.00. The maximum absolute atomic E-state index is 9.45. The number of hydrogen-bond donors (Lipinski definition) is 4. The van der Waals surface area contributed by atoms with Gasteiger partial charge in [0.15, 0.2) is 0 Å². The molecule has 0 aliphatic rings. The molecule has 0 aromatic carbocycles. The van der Waals surface area contributed by atoms with Crippen LogP contribution in [0.5, 0.6) is 0 Å². The van der Waals surface area contributed by atoms with Crippen molar-refractivity contribution in [2.24, 2.45) is 5.41 Å². The SMILES string of the molecule is OCCOCC(CO)(COCCO)COCCO. The Morgan fingerprint density at radius 3 is 1.17 bits per heavy atom. The van der Waals surface area contributed by atoms with E-state index >= 15 is 0 Å². The maximum atomic E-state index is 9.45. The van der Waals surface area contributed by atoms with E-state index in [4.69, 9.17) is 29.5 Å². The Hall–Kier alpha value is -0.280. The summed E-state index contributed by atoms with van der Waals surface area (Å²) in [5.74, 6) is 0. The number of aliphatic hydroxyl groups is 4. The Kier molecular flexibility index (Phi) is 11.6. The average Bonchev–Trinajstić information content (AvgIpc) is 2.39. The third kappa shape index (κ3) is 7.93. The van der Waals surface area contributed by atoms with Gasteiger partial charge in [-0.05, 0) is 0 Å². The third-order valence-corrected chi connectivity index (χ3v) is 2.27. The van der Waals surface area contributed by atoms with Gasteiger partial charge < -0.3 is 34.6 Å². The molecule has 0 bridgehead atoms. The minimum absolute atomic E-state index is 0.101. The van der Waals surface area contributed by atoms with E-state index in [2.05, 4.69) is 0 Å². The van der Waals surface area contributed by atoms with Crippen molar-refractivity contribution in [2.75, 3.05) is 66.1 Å². The smallest absolute Gasteiger partial charge is 0.0698 e. The first-order valence-electron chi connectivity index (χ1n) is 5.91. The van der Waals surface area contributed by atoms with Crippen LogP contribution in [0.4, 0.5) is 0 Å². The van der Waals surface area contributed by atoms with Gasteiger partial charge in [0.2, 0.25) is 0 Å². The second-order valence-corrected chi connectivity index (χ2v) is 3.99. The lowest BCUT2D eigenvalue weighted by molar-refractivity contribution is -0.101. The highest BCUT2D eigenvalue weighted by molar-refractivity contribution is 4.78. The molecule has 7 nitrogen and oxygen atoms in total. The summed E-state index contributed by atoms with van der Waals surface area (Å²) in [6.45, 7) is 0.493. The van der Waals surface area contributed by atoms with Crippen molar-refractivity contribution in [1.82, 2.24) is 0 Å². The van der Waals surface area contributed by atoms with E-state index < -0.39 is 5.41 Å². The van der Waals surface area contributed by atoms with Gasteiger partial charge in [-0.25, -0.2) is 0 Å². The molecule has 0 unspecified atom stereocenters. The van der Waals surface area contributed by atoms with Crippen molar-refractivity contribution < 1.29 is 34.6 Å². The Labute approximate surface area is 107 Å². The molecule has 0 aliphatic carbocycles. The van der Waals surface area contributed by atoms with Gasteiger partial charge in [0.05, 0.1) is 71.5 Å². The van der Waals surface area contributed by atoms with Gasteiger partial charge in [0.25, 0.3) is 0 Å². The van der Waals surface area contributed by atoms with E-state index in [1.165, 1.54) is 0 Å². The number of ether oxygens (including phenoxy) is 3. The van der Waals surface area contributed by atoms with E-state index in [0.29, 0.717) is 0 Å². The minimum Gasteiger partial charge on any atom is -0.396 e. The molecule has 110 valence electrons. The van der Waals surface area contributed by atoms with E-state index in [1.807, 2.05) is 0 Å². The monoisotopic (exact) mass is 268 g/mol. The summed E-state index contributed by atoms with van der Waals surface area (Å²) in [5, 5.41) is 35.4. The van der Waals surface area contributed by atoms with Gasteiger partial charge in [-0.3, -0.25) is 0 Å². The first kappa shape index (κ1) is 17.7. The summed E-state index contributed by atoms with van der Waals surface area (Å²) in [5.41, 5.74) is -0.750. The molecule has 0 aliphatic heterocycles. The molecule has 0 radical (unpaired) electrons. The Balaban J connectivity index is 4.20. The average molecular weight is 268 g/mol. The highest BCUT2D eigenvalue weighted by Crippen LogP contribution is 2.18. The van der Waals surface area contributed by atoms with Crippen molar-refractivity contribution >= 4 is 0 Å². The second-order valence-electron chi connectivity index (χ2n) is 3.99. The van der Waals surface area contributed by atoms with Crippen molar-refractivity contribution in [3.63, 3.8) is 0 Å². The van der Waals surface area contributed by atoms with Crippen LogP contribution >= 0.6 is 0 Å². The van der Waals surface area contributed by atoms with Crippen LogP contribution in [0.3, 0.4) is 0 Å². The Bertz CT molecular complexity index is 150. The molecule has 4 N–H and O–H groups in total. The first-order valence-corrected chi connectivity index (χ1v) is 5.91. The van der Waals surface area contributed by atoms with Crippen molar-refractivity contribution in [3.05, 3.63) is 0 Å². The topological polar surface area (TPSA) is 109 Å². The van der Waals surface area contributed by atoms with Gasteiger partial charge in [0.1, 0.15) is 0 Å². The highest BCUT2D eigenvalue weighted by atomic mass is 16.5. The largest absolute Gasteiger partial charge is 0.396 e. The minimum atomic E-state index is -0.750. The van der Waals surface area contributed by atoms with Gasteiger partial charge in [0, 0.05) is 0 Å². The molecule has 0 saturated carbocycles. The van der Waals surface area contributed by atoms with Gasteiger partial charge in [-0.2, -0.15) is 0 Å². The number of aliphatic hydroxyl groups excluding tert-OH is 4. The molecule has 0 rings (SSSR count). The van der Waals surface area contributed by atoms with Crippen LogP contribution in [0.2, 0.25) is 0 Å². The molecule has 0 aromatic rings. The number of hydrogen-bond acceptors (Lipinski definition) is 7. The molecule has 0 heterocycles. The van der Waals surface area contributed by atoms with Crippen LogP contribution in [0.25, 0.3) is 0 Å². The highest BCUT2D eigenvalue weighted by Gasteiger charge is 2.31. The van der Waals surface area contributed by atoms with Gasteiger partial charge in [-0.15, -0.1) is 0 Å². The van der Waals surface area contributed by atoms with Crippen LogP contribution < -0.4 is 0 Å². The predicted molar refractivity (Wildman–Crippen MR) is 63.2 cm³/mol. The molecule has 0 amide bonds. The van der Waals surface area contributed by atoms with Crippen LogP contribution in [0.1, 0.15) is 0 Å². The lowest BCUT2D eigenvalue weighted by Gasteiger charge is -2.31. The fourth-order valence-electron chi connectivity index (χ4n) is 1.32. The van der Waals surface area contributed by atoms with E-state index in [9.17, 15) is 5.11 Å². The molecule has 0 fully saturated rings. The van der Waals surface area contributed by atoms with E-state index in [0.717, 1.165) is 0 Å². The zero-order valence-corrected chi connectivity index (χ0v) is 10.6. The summed E-state index contributed by atoms with van der Waals surface area (Å²) in [6.07, 6.45) is 0. The first-order chi connectivity index (χ1) is 8.74. The zero-order valence-electron chi connectivity index (χ0n) is 10.6. The molecular formula is C11H24O7. The molecule has 0 aromatic heterocycles. The summed E-state index contributed by atoms with van der Waals surface area (Å²) in [6, 6.07) is 0. The summed E-state index contributed by atoms with van der Waals surface area (Å²) in [7, 11) is 0. The van der Waals surface area contributed by atoms with Crippen LogP contribution in [-0.2, 0) is 14.2 Å². The predicted octanol–water partition coefficient (Wildman–Crippen LogP) is -2.01. The van der Waals surface area contributed by atoms with Crippen LogP contribution in [0, 0.1) is 5.41 Å². The summed E-state index contributed by atoms with van der Waals surface area (Å²) >= 11 is 0. The van der Waals surface area contributed by atoms with E-state index in [-0.39, 0.29) is 66.1 Å². The van der Waals surface area contributed by atoms with Crippen molar-refractivity contribution in [3.8, 4) is 0 Å². The summed E-state index contributed by atoms with van der Waals surface area (Å²) in [4.78, 5) is 0. The van der Waals surface area contributed by atoms with E-state index in [1.54, 1.807) is 0 Å². The lowest BCUT2D eigenvalue weighted by atomic mass is 9.92. The quantitative estimate of drug-likeness (QED) is 0.286. The van der Waals surface area contributed by atoms with Gasteiger partial charge >= 0.3 is 0 Å². The standard InChI is InChI=1S/C11H24O7/c12-1-4-16-8-11(7-15,9-17-5-2-13)10-18-6-3-14/h12-15H,1-10H2. The van der Waals surface area contributed by atoms with Crippen LogP contribution in [-0.4, -0.2) is 86.5 Å². The lowest BCUT2D eigenvalue weighted by Crippen LogP contribution is -2.41. The molecule has 0 atom stereocenters. The normalized spacial score (nSPS) is 12.0. The molecule has 7 heteroatoms. The Morgan fingerprint density at radius 2 is 0.944 bits per heavy atom. The number of rotatable bonds is 13. The fourth-order valence-corrected chi connectivity index (χ4v) is 1.32. The van der Waals surface area contributed by atoms with Gasteiger partial charge in [-0.1, -0.05) is 0 Å².